The molecule has 0 fully saturated rings. The fourth-order valence-electron chi connectivity index (χ4n) is 2.24. The van der Waals surface area contributed by atoms with Gasteiger partial charge in [0, 0.05) is 0 Å². The summed E-state index contributed by atoms with van der Waals surface area (Å²) in [7, 11) is 3.11. The van der Waals surface area contributed by atoms with E-state index in [2.05, 4.69) is 6.92 Å². The number of methoxy groups -OCH3 is 2. The van der Waals surface area contributed by atoms with Crippen molar-refractivity contribution in [2.75, 3.05) is 14.2 Å². The van der Waals surface area contributed by atoms with Crippen molar-refractivity contribution in [3.8, 4) is 11.5 Å². The summed E-state index contributed by atoms with van der Waals surface area (Å²) < 4.78 is 10.4. The Labute approximate surface area is 126 Å². The van der Waals surface area contributed by atoms with Gasteiger partial charge in [0.25, 0.3) is 0 Å². The summed E-state index contributed by atoms with van der Waals surface area (Å²) in [6.45, 7) is 2.19. The molecule has 0 bridgehead atoms. The molecule has 0 amide bonds. The fourth-order valence-corrected chi connectivity index (χ4v) is 2.53. The second-order valence-corrected chi connectivity index (χ2v) is 5.36. The van der Waals surface area contributed by atoms with Crippen LogP contribution in [0.25, 0.3) is 0 Å². The number of aliphatic hydroxyl groups is 1. The first kappa shape index (κ1) is 17.1. The molecule has 0 heterocycles. The quantitative estimate of drug-likeness (QED) is 0.669. The fraction of sp³-hybridized carbons (Fsp3) is 0.625. The largest absolute Gasteiger partial charge is 0.493 e. The van der Waals surface area contributed by atoms with Crippen LogP contribution in [-0.4, -0.2) is 19.3 Å². The van der Waals surface area contributed by atoms with Gasteiger partial charge in [-0.05, 0) is 24.1 Å². The maximum absolute atomic E-state index is 10.2. The van der Waals surface area contributed by atoms with E-state index in [4.69, 9.17) is 21.1 Å². The molecule has 0 saturated carbocycles. The highest BCUT2D eigenvalue weighted by Gasteiger charge is 2.15. The topological polar surface area (TPSA) is 38.7 Å². The molecule has 3 nitrogen and oxygen atoms in total. The van der Waals surface area contributed by atoms with Crippen molar-refractivity contribution in [1.82, 2.24) is 0 Å². The Morgan fingerprint density at radius 1 is 1.10 bits per heavy atom. The second kappa shape index (κ2) is 9.09. The molecule has 114 valence electrons. The third kappa shape index (κ3) is 4.88. The van der Waals surface area contributed by atoms with Crippen LogP contribution in [0.5, 0.6) is 11.5 Å². The summed E-state index contributed by atoms with van der Waals surface area (Å²) in [6, 6.07) is 3.54. The van der Waals surface area contributed by atoms with E-state index >= 15 is 0 Å². The van der Waals surface area contributed by atoms with Gasteiger partial charge >= 0.3 is 0 Å². The second-order valence-electron chi connectivity index (χ2n) is 4.96. The SMILES string of the molecule is CCCCCCCC(O)c1cc(Cl)c(OC)c(OC)c1. The van der Waals surface area contributed by atoms with Gasteiger partial charge in [-0.1, -0.05) is 50.6 Å². The van der Waals surface area contributed by atoms with Crippen LogP contribution < -0.4 is 9.47 Å². The van der Waals surface area contributed by atoms with Crippen LogP contribution in [-0.2, 0) is 0 Å². The summed E-state index contributed by atoms with van der Waals surface area (Å²) in [5, 5.41) is 10.7. The van der Waals surface area contributed by atoms with Gasteiger partial charge in [0.05, 0.1) is 25.3 Å². The molecule has 1 N–H and O–H groups in total. The van der Waals surface area contributed by atoms with Crippen LogP contribution in [0.1, 0.15) is 57.1 Å². The summed E-state index contributed by atoms with van der Waals surface area (Å²) >= 11 is 6.14. The Morgan fingerprint density at radius 3 is 2.40 bits per heavy atom. The van der Waals surface area contributed by atoms with Gasteiger partial charge < -0.3 is 14.6 Å². The molecule has 0 spiro atoms. The molecule has 20 heavy (non-hydrogen) atoms. The standard InChI is InChI=1S/C16H25ClO3/c1-4-5-6-7-8-9-14(18)12-10-13(17)16(20-3)15(11-12)19-2/h10-11,14,18H,4-9H2,1-3H3. The first-order valence-electron chi connectivity index (χ1n) is 7.23. The Bertz CT molecular complexity index is 407. The first-order chi connectivity index (χ1) is 9.63. The van der Waals surface area contributed by atoms with Crippen LogP contribution >= 0.6 is 11.6 Å². The molecule has 0 aromatic heterocycles. The van der Waals surface area contributed by atoms with E-state index in [0.29, 0.717) is 16.5 Å². The minimum Gasteiger partial charge on any atom is -0.493 e. The minimum atomic E-state index is -0.506. The van der Waals surface area contributed by atoms with Crippen LogP contribution in [0, 0.1) is 0 Å². The molecule has 4 heteroatoms. The molecule has 0 radical (unpaired) electrons. The third-order valence-corrected chi connectivity index (χ3v) is 3.70. The number of ether oxygens (including phenoxy) is 2. The zero-order chi connectivity index (χ0) is 15.0. The normalized spacial score (nSPS) is 12.2. The summed E-state index contributed by atoms with van der Waals surface area (Å²) in [6.07, 6.45) is 6.14. The molecule has 0 aliphatic heterocycles. The van der Waals surface area contributed by atoms with Crippen molar-refractivity contribution < 1.29 is 14.6 Å². The summed E-state index contributed by atoms with van der Waals surface area (Å²) in [5.74, 6) is 1.06. The molecular weight excluding hydrogens is 276 g/mol. The van der Waals surface area contributed by atoms with Crippen molar-refractivity contribution in [2.24, 2.45) is 0 Å². The minimum absolute atomic E-state index is 0.465. The van der Waals surface area contributed by atoms with Crippen LogP contribution in [0.2, 0.25) is 5.02 Å². The highest BCUT2D eigenvalue weighted by molar-refractivity contribution is 6.32. The molecule has 1 unspecified atom stereocenters. The number of hydrogen-bond donors (Lipinski definition) is 1. The number of unbranched alkanes of at least 4 members (excludes halogenated alkanes) is 4. The number of benzene rings is 1. The average Bonchev–Trinajstić information content (AvgIpc) is 2.45. The molecule has 1 rings (SSSR count). The van der Waals surface area contributed by atoms with E-state index in [-0.39, 0.29) is 0 Å². The van der Waals surface area contributed by atoms with Crippen molar-refractivity contribution in [3.63, 3.8) is 0 Å². The monoisotopic (exact) mass is 300 g/mol. The van der Waals surface area contributed by atoms with Crippen LogP contribution in [0.4, 0.5) is 0 Å². The predicted molar refractivity (Wildman–Crippen MR) is 82.9 cm³/mol. The lowest BCUT2D eigenvalue weighted by Crippen LogP contribution is -2.00. The van der Waals surface area contributed by atoms with Crippen LogP contribution in [0.15, 0.2) is 12.1 Å². The molecular formula is C16H25ClO3. The maximum Gasteiger partial charge on any atom is 0.179 e. The van der Waals surface area contributed by atoms with Crippen molar-refractivity contribution in [2.45, 2.75) is 51.6 Å². The molecule has 1 aromatic rings. The third-order valence-electron chi connectivity index (χ3n) is 3.42. The van der Waals surface area contributed by atoms with Gasteiger partial charge in [0.2, 0.25) is 0 Å². The van der Waals surface area contributed by atoms with Gasteiger partial charge in [-0.25, -0.2) is 0 Å². The molecule has 0 aliphatic rings. The number of hydrogen-bond acceptors (Lipinski definition) is 3. The van der Waals surface area contributed by atoms with Crippen LogP contribution in [0.3, 0.4) is 0 Å². The lowest BCUT2D eigenvalue weighted by atomic mass is 10.0. The molecule has 1 atom stereocenters. The predicted octanol–water partition coefficient (Wildman–Crippen LogP) is 4.75. The average molecular weight is 301 g/mol. The van der Waals surface area contributed by atoms with Gasteiger partial charge in [0.1, 0.15) is 0 Å². The lowest BCUT2D eigenvalue weighted by molar-refractivity contribution is 0.163. The van der Waals surface area contributed by atoms with E-state index in [1.807, 2.05) is 0 Å². The summed E-state index contributed by atoms with van der Waals surface area (Å²) in [4.78, 5) is 0. The van der Waals surface area contributed by atoms with E-state index in [9.17, 15) is 5.11 Å². The van der Waals surface area contributed by atoms with Crippen molar-refractivity contribution >= 4 is 11.6 Å². The van der Waals surface area contributed by atoms with E-state index in [1.54, 1.807) is 26.4 Å². The lowest BCUT2D eigenvalue weighted by Gasteiger charge is -2.15. The molecule has 0 aliphatic carbocycles. The maximum atomic E-state index is 10.2. The highest BCUT2D eigenvalue weighted by atomic mass is 35.5. The highest BCUT2D eigenvalue weighted by Crippen LogP contribution is 2.38. The Morgan fingerprint density at radius 2 is 1.80 bits per heavy atom. The van der Waals surface area contributed by atoms with E-state index in [1.165, 1.54) is 19.3 Å². The number of halogens is 1. The van der Waals surface area contributed by atoms with E-state index in [0.717, 1.165) is 24.8 Å². The van der Waals surface area contributed by atoms with E-state index < -0.39 is 6.10 Å². The molecule has 1 aromatic carbocycles. The molecule has 0 saturated heterocycles. The zero-order valence-electron chi connectivity index (χ0n) is 12.6. The van der Waals surface area contributed by atoms with Gasteiger partial charge in [-0.15, -0.1) is 0 Å². The van der Waals surface area contributed by atoms with Gasteiger partial charge in [0.15, 0.2) is 11.5 Å². The number of aliphatic hydroxyl groups excluding tert-OH is 1. The van der Waals surface area contributed by atoms with Crippen molar-refractivity contribution in [3.05, 3.63) is 22.7 Å². The first-order valence-corrected chi connectivity index (χ1v) is 7.61. The smallest absolute Gasteiger partial charge is 0.179 e. The Kier molecular flexibility index (Phi) is 7.78. The van der Waals surface area contributed by atoms with Gasteiger partial charge in [-0.3, -0.25) is 0 Å². The Hall–Kier alpha value is -0.930. The zero-order valence-corrected chi connectivity index (χ0v) is 13.4. The summed E-state index contributed by atoms with van der Waals surface area (Å²) in [5.41, 5.74) is 0.781. The Balaban J connectivity index is 2.64. The van der Waals surface area contributed by atoms with Crippen molar-refractivity contribution in [1.29, 1.82) is 0 Å². The number of rotatable bonds is 9. The van der Waals surface area contributed by atoms with Gasteiger partial charge in [-0.2, -0.15) is 0 Å².